The molecular weight excluding hydrogens is 391 g/mol. The van der Waals surface area contributed by atoms with E-state index in [-0.39, 0.29) is 15.6 Å². The van der Waals surface area contributed by atoms with Crippen LogP contribution in [0.3, 0.4) is 0 Å². The second kappa shape index (κ2) is 6.44. The number of thiazole rings is 1. The van der Waals surface area contributed by atoms with Gasteiger partial charge in [-0.3, -0.25) is 4.72 Å². The van der Waals surface area contributed by atoms with E-state index in [0.717, 1.165) is 21.6 Å². The lowest BCUT2D eigenvalue weighted by Crippen LogP contribution is -2.14. The fraction of sp³-hybridized carbons (Fsp3) is 0.133. The third-order valence-electron chi connectivity index (χ3n) is 3.17. The van der Waals surface area contributed by atoms with Crippen molar-refractivity contribution >= 4 is 50.0 Å². The molecule has 0 saturated carbocycles. The Kier molecular flexibility index (Phi) is 4.65. The van der Waals surface area contributed by atoms with Crippen molar-refractivity contribution in [3.05, 3.63) is 51.1 Å². The van der Waals surface area contributed by atoms with Crippen molar-refractivity contribution in [1.29, 1.82) is 0 Å². The number of nitrogens with zero attached hydrogens (tertiary/aromatic N) is 1. The summed E-state index contributed by atoms with van der Waals surface area (Å²) >= 11 is 8.47. The van der Waals surface area contributed by atoms with Gasteiger partial charge in [-0.15, -0.1) is 22.7 Å². The SMILES string of the molecule is Cc1csc(-c2cc(S(=O)(=O)Nc3ccc(Cl)cc3F)c(C)s2)n1. The Bertz CT molecular complexity index is 1010. The number of sulfonamides is 1. The zero-order valence-electron chi connectivity index (χ0n) is 12.6. The van der Waals surface area contributed by atoms with E-state index in [9.17, 15) is 12.8 Å². The van der Waals surface area contributed by atoms with Crippen LogP contribution in [0.1, 0.15) is 10.6 Å². The fourth-order valence-electron chi connectivity index (χ4n) is 2.08. The van der Waals surface area contributed by atoms with E-state index >= 15 is 0 Å². The minimum Gasteiger partial charge on any atom is -0.277 e. The summed E-state index contributed by atoms with van der Waals surface area (Å²) in [4.78, 5) is 5.86. The summed E-state index contributed by atoms with van der Waals surface area (Å²) < 4.78 is 41.3. The molecule has 3 aromatic rings. The van der Waals surface area contributed by atoms with Crippen LogP contribution in [-0.4, -0.2) is 13.4 Å². The highest BCUT2D eigenvalue weighted by Gasteiger charge is 2.22. The number of anilines is 1. The summed E-state index contributed by atoms with van der Waals surface area (Å²) in [5, 5.41) is 2.86. The third-order valence-corrected chi connectivity index (χ3v) is 7.20. The number of rotatable bonds is 4. The van der Waals surface area contributed by atoms with Crippen molar-refractivity contribution in [3.8, 4) is 9.88 Å². The van der Waals surface area contributed by atoms with Crippen molar-refractivity contribution in [2.75, 3.05) is 4.72 Å². The molecule has 0 atom stereocenters. The largest absolute Gasteiger partial charge is 0.277 e. The lowest BCUT2D eigenvalue weighted by atomic mass is 10.3. The van der Waals surface area contributed by atoms with Gasteiger partial charge in [0, 0.05) is 21.0 Å². The number of halogens is 2. The maximum absolute atomic E-state index is 13.9. The van der Waals surface area contributed by atoms with Crippen LogP contribution in [-0.2, 0) is 10.0 Å². The molecule has 0 aliphatic heterocycles. The number of thiophene rings is 1. The highest BCUT2D eigenvalue weighted by Crippen LogP contribution is 2.36. The quantitative estimate of drug-likeness (QED) is 0.661. The smallest absolute Gasteiger partial charge is 0.263 e. The van der Waals surface area contributed by atoms with E-state index in [4.69, 9.17) is 11.6 Å². The second-order valence-electron chi connectivity index (χ2n) is 5.05. The molecule has 0 aliphatic rings. The van der Waals surface area contributed by atoms with Gasteiger partial charge in [0.25, 0.3) is 10.0 Å². The molecule has 1 aromatic carbocycles. The molecule has 0 spiro atoms. The molecule has 0 bridgehead atoms. The molecule has 9 heteroatoms. The number of nitrogens with one attached hydrogen (secondary N) is 1. The Morgan fingerprint density at radius 1 is 1.25 bits per heavy atom. The van der Waals surface area contributed by atoms with Crippen LogP contribution in [0.15, 0.2) is 34.5 Å². The molecule has 0 fully saturated rings. The van der Waals surface area contributed by atoms with Gasteiger partial charge in [-0.05, 0) is 38.1 Å². The van der Waals surface area contributed by atoms with Gasteiger partial charge in [-0.25, -0.2) is 17.8 Å². The predicted molar refractivity (Wildman–Crippen MR) is 97.1 cm³/mol. The standard InChI is InChI=1S/C15H12ClFN2O2S3/c1-8-7-22-15(18-8)13-6-14(9(2)23-13)24(20,21)19-12-4-3-10(16)5-11(12)17/h3-7,19H,1-2H3. The van der Waals surface area contributed by atoms with Crippen LogP contribution in [0, 0.1) is 19.7 Å². The van der Waals surface area contributed by atoms with Crippen LogP contribution in [0.2, 0.25) is 5.02 Å². The number of aryl methyl sites for hydroxylation is 2. The van der Waals surface area contributed by atoms with Crippen LogP contribution < -0.4 is 4.72 Å². The predicted octanol–water partition coefficient (Wildman–Crippen LogP) is 5.08. The van der Waals surface area contributed by atoms with Crippen LogP contribution in [0.25, 0.3) is 9.88 Å². The molecule has 4 nitrogen and oxygen atoms in total. The van der Waals surface area contributed by atoms with Crippen molar-refractivity contribution in [2.24, 2.45) is 0 Å². The van der Waals surface area contributed by atoms with Crippen molar-refractivity contribution in [3.63, 3.8) is 0 Å². The van der Waals surface area contributed by atoms with Crippen LogP contribution in [0.4, 0.5) is 10.1 Å². The summed E-state index contributed by atoms with van der Waals surface area (Å²) in [5.41, 5.74) is 0.739. The van der Waals surface area contributed by atoms with E-state index in [1.807, 2.05) is 12.3 Å². The van der Waals surface area contributed by atoms with Crippen molar-refractivity contribution < 1.29 is 12.8 Å². The van der Waals surface area contributed by atoms with Crippen LogP contribution in [0.5, 0.6) is 0 Å². The van der Waals surface area contributed by atoms with E-state index < -0.39 is 15.8 Å². The van der Waals surface area contributed by atoms with Crippen molar-refractivity contribution in [2.45, 2.75) is 18.7 Å². The Balaban J connectivity index is 1.96. The van der Waals surface area contributed by atoms with Gasteiger partial charge in [-0.1, -0.05) is 11.6 Å². The fourth-order valence-corrected chi connectivity index (χ4v) is 5.76. The molecule has 0 aliphatic carbocycles. The van der Waals surface area contributed by atoms with Gasteiger partial charge in [0.05, 0.1) is 10.6 Å². The number of aromatic nitrogens is 1. The zero-order valence-corrected chi connectivity index (χ0v) is 15.8. The minimum absolute atomic E-state index is 0.115. The molecule has 126 valence electrons. The molecule has 2 aromatic heterocycles. The molecular formula is C15H12ClFN2O2S3. The maximum atomic E-state index is 13.9. The molecule has 24 heavy (non-hydrogen) atoms. The Morgan fingerprint density at radius 2 is 2.00 bits per heavy atom. The molecule has 0 unspecified atom stereocenters. The molecule has 3 rings (SSSR count). The lowest BCUT2D eigenvalue weighted by Gasteiger charge is -2.08. The highest BCUT2D eigenvalue weighted by molar-refractivity contribution is 7.93. The van der Waals surface area contributed by atoms with E-state index in [1.165, 1.54) is 34.8 Å². The topological polar surface area (TPSA) is 59.1 Å². The molecule has 1 N–H and O–H groups in total. The van der Waals surface area contributed by atoms with Gasteiger partial charge in [0.2, 0.25) is 0 Å². The first-order valence-corrected chi connectivity index (χ1v) is 10.3. The lowest BCUT2D eigenvalue weighted by molar-refractivity contribution is 0.598. The first-order valence-electron chi connectivity index (χ1n) is 6.77. The van der Waals surface area contributed by atoms with Gasteiger partial charge in [-0.2, -0.15) is 0 Å². The van der Waals surface area contributed by atoms with E-state index in [1.54, 1.807) is 13.0 Å². The normalized spacial score (nSPS) is 11.7. The minimum atomic E-state index is -3.91. The average molecular weight is 403 g/mol. The van der Waals surface area contributed by atoms with Gasteiger partial charge in [0.1, 0.15) is 15.7 Å². The number of benzene rings is 1. The molecule has 0 radical (unpaired) electrons. The summed E-state index contributed by atoms with van der Waals surface area (Å²) in [5.74, 6) is -0.727. The number of hydrogen-bond acceptors (Lipinski definition) is 5. The molecule has 0 amide bonds. The molecule has 2 heterocycles. The molecule has 0 saturated heterocycles. The number of hydrogen-bond donors (Lipinski definition) is 1. The van der Waals surface area contributed by atoms with Gasteiger partial charge >= 0.3 is 0 Å². The van der Waals surface area contributed by atoms with Gasteiger partial charge in [0.15, 0.2) is 0 Å². The zero-order chi connectivity index (χ0) is 17.5. The Hall–Kier alpha value is -1.48. The maximum Gasteiger partial charge on any atom is 0.263 e. The Morgan fingerprint density at radius 3 is 2.62 bits per heavy atom. The van der Waals surface area contributed by atoms with E-state index in [0.29, 0.717) is 4.88 Å². The monoisotopic (exact) mass is 402 g/mol. The summed E-state index contributed by atoms with van der Waals surface area (Å²) in [6.07, 6.45) is 0. The van der Waals surface area contributed by atoms with Gasteiger partial charge < -0.3 is 0 Å². The third kappa shape index (κ3) is 3.46. The highest BCUT2D eigenvalue weighted by atomic mass is 35.5. The van der Waals surface area contributed by atoms with E-state index in [2.05, 4.69) is 9.71 Å². The summed E-state index contributed by atoms with van der Waals surface area (Å²) in [6.45, 7) is 3.59. The second-order valence-corrected chi connectivity index (χ2v) is 9.26. The average Bonchev–Trinajstić information content (AvgIpc) is 3.08. The first kappa shape index (κ1) is 17.3. The summed E-state index contributed by atoms with van der Waals surface area (Å²) in [6, 6.07) is 5.34. The first-order chi connectivity index (χ1) is 11.3. The Labute approximate surface area is 152 Å². The summed E-state index contributed by atoms with van der Waals surface area (Å²) in [7, 11) is -3.91. The van der Waals surface area contributed by atoms with Crippen molar-refractivity contribution in [1.82, 2.24) is 4.98 Å². The van der Waals surface area contributed by atoms with Crippen LogP contribution >= 0.6 is 34.3 Å².